The molecule has 126 valence electrons. The Morgan fingerprint density at radius 3 is 2.83 bits per heavy atom. The fourth-order valence-corrected chi connectivity index (χ4v) is 2.83. The fraction of sp³-hybridized carbons (Fsp3) is 0.389. The topological polar surface area (TPSA) is 58.1 Å². The molecule has 1 aromatic heterocycles. The summed E-state index contributed by atoms with van der Waals surface area (Å²) in [5.41, 5.74) is 0.333. The summed E-state index contributed by atoms with van der Waals surface area (Å²) in [6, 6.07) is 7.71. The lowest BCUT2D eigenvalue weighted by molar-refractivity contribution is -0.120. The number of benzene rings is 1. The first-order valence-corrected chi connectivity index (χ1v) is 8.21. The molecular formula is C18H21FN4O. The predicted octanol–water partition coefficient (Wildman–Crippen LogP) is 3.35. The number of aromatic nitrogens is 2. The van der Waals surface area contributed by atoms with Gasteiger partial charge >= 0.3 is 0 Å². The summed E-state index contributed by atoms with van der Waals surface area (Å²) in [4.78, 5) is 22.9. The molecule has 5 nitrogen and oxygen atoms in total. The summed E-state index contributed by atoms with van der Waals surface area (Å²) in [5.74, 6) is 1.06. The van der Waals surface area contributed by atoms with E-state index >= 15 is 0 Å². The molecule has 0 spiro atoms. The van der Waals surface area contributed by atoms with Crippen LogP contribution in [0.2, 0.25) is 0 Å². The quantitative estimate of drug-likeness (QED) is 0.935. The predicted molar refractivity (Wildman–Crippen MR) is 91.5 cm³/mol. The van der Waals surface area contributed by atoms with Crippen molar-refractivity contribution in [2.75, 3.05) is 16.8 Å². The number of hydrogen-bond acceptors (Lipinski definition) is 4. The largest absolute Gasteiger partial charge is 0.358 e. The average Bonchev–Trinajstić information content (AvgIpc) is 2.58. The summed E-state index contributed by atoms with van der Waals surface area (Å²) < 4.78 is 14.0. The first-order valence-electron chi connectivity index (χ1n) is 8.21. The minimum atomic E-state index is -0.409. The second-order valence-electron chi connectivity index (χ2n) is 6.24. The average molecular weight is 328 g/mol. The maximum absolute atomic E-state index is 14.0. The number of hydrogen-bond donors (Lipinski definition) is 1. The van der Waals surface area contributed by atoms with E-state index in [2.05, 4.69) is 15.3 Å². The zero-order valence-electron chi connectivity index (χ0n) is 13.9. The van der Waals surface area contributed by atoms with E-state index in [1.165, 1.54) is 11.0 Å². The Hall–Kier alpha value is -2.50. The Kier molecular flexibility index (Phi) is 4.74. The van der Waals surface area contributed by atoms with Gasteiger partial charge in [-0.1, -0.05) is 26.0 Å². The first kappa shape index (κ1) is 16.4. The van der Waals surface area contributed by atoms with Crippen molar-refractivity contribution in [2.45, 2.75) is 38.6 Å². The number of carbonyl (C=O) groups is 1. The van der Waals surface area contributed by atoms with Crippen molar-refractivity contribution in [3.8, 4) is 0 Å². The monoisotopic (exact) mass is 328 g/mol. The van der Waals surface area contributed by atoms with Gasteiger partial charge in [0.15, 0.2) is 0 Å². The van der Waals surface area contributed by atoms with E-state index in [-0.39, 0.29) is 17.6 Å². The highest BCUT2D eigenvalue weighted by Gasteiger charge is 2.31. The molecular weight excluding hydrogens is 307 g/mol. The molecule has 1 N–H and O–H groups in total. The zero-order chi connectivity index (χ0) is 17.1. The van der Waals surface area contributed by atoms with Gasteiger partial charge in [-0.05, 0) is 31.0 Å². The Bertz CT molecular complexity index is 734. The van der Waals surface area contributed by atoms with Gasteiger partial charge in [-0.3, -0.25) is 4.79 Å². The number of nitrogens with zero attached hydrogens (tertiary/aromatic N) is 3. The van der Waals surface area contributed by atoms with Crippen molar-refractivity contribution < 1.29 is 9.18 Å². The molecule has 1 aliphatic rings. The van der Waals surface area contributed by atoms with Crippen molar-refractivity contribution in [3.05, 3.63) is 48.2 Å². The molecule has 0 aliphatic carbocycles. The van der Waals surface area contributed by atoms with Gasteiger partial charge in [0, 0.05) is 18.7 Å². The Labute approximate surface area is 140 Å². The van der Waals surface area contributed by atoms with Crippen LogP contribution in [-0.4, -0.2) is 28.5 Å². The maximum Gasteiger partial charge on any atom is 0.249 e. The van der Waals surface area contributed by atoms with Gasteiger partial charge in [-0.25, -0.2) is 14.4 Å². The van der Waals surface area contributed by atoms with Crippen LogP contribution in [0.25, 0.3) is 0 Å². The molecule has 24 heavy (non-hydrogen) atoms. The number of amides is 1. The van der Waals surface area contributed by atoms with E-state index in [4.69, 9.17) is 0 Å². The number of rotatable bonds is 4. The number of piperidine rings is 1. The summed E-state index contributed by atoms with van der Waals surface area (Å²) in [5, 5.41) is 3.18. The lowest BCUT2D eigenvalue weighted by atomic mass is 10.0. The number of anilines is 2. The van der Waals surface area contributed by atoms with Gasteiger partial charge in [-0.2, -0.15) is 0 Å². The SMILES string of the molecule is CC(C)c1nccc(NC2CCCN(c3ccccc3F)C2=O)n1. The summed E-state index contributed by atoms with van der Waals surface area (Å²) in [6.45, 7) is 4.56. The van der Waals surface area contributed by atoms with Crippen molar-refractivity contribution in [1.29, 1.82) is 0 Å². The highest BCUT2D eigenvalue weighted by Crippen LogP contribution is 2.25. The van der Waals surface area contributed by atoms with E-state index in [1.807, 2.05) is 13.8 Å². The van der Waals surface area contributed by atoms with Gasteiger partial charge < -0.3 is 10.2 Å². The third kappa shape index (κ3) is 3.37. The molecule has 1 aromatic carbocycles. The molecule has 1 saturated heterocycles. The molecule has 1 fully saturated rings. The molecule has 1 amide bonds. The number of para-hydroxylation sites is 1. The fourth-order valence-electron chi connectivity index (χ4n) is 2.83. The molecule has 1 unspecified atom stereocenters. The number of halogens is 1. The third-order valence-electron chi connectivity index (χ3n) is 4.09. The van der Waals surface area contributed by atoms with Crippen molar-refractivity contribution in [3.63, 3.8) is 0 Å². The molecule has 3 rings (SSSR count). The lowest BCUT2D eigenvalue weighted by Gasteiger charge is -2.33. The normalized spacial score (nSPS) is 18.1. The third-order valence-corrected chi connectivity index (χ3v) is 4.09. The molecule has 1 aliphatic heterocycles. The highest BCUT2D eigenvalue weighted by atomic mass is 19.1. The van der Waals surface area contributed by atoms with Crippen LogP contribution in [0.1, 0.15) is 38.4 Å². The van der Waals surface area contributed by atoms with Crippen LogP contribution in [0.3, 0.4) is 0 Å². The van der Waals surface area contributed by atoms with Crippen LogP contribution < -0.4 is 10.2 Å². The summed E-state index contributed by atoms with van der Waals surface area (Å²) in [7, 11) is 0. The molecule has 1 atom stereocenters. The standard InChI is InChI=1S/C18H21FN4O/c1-12(2)17-20-10-9-16(22-17)21-14-7-5-11-23(18(14)24)15-8-4-3-6-13(15)19/h3-4,6,8-10,12,14H,5,7,11H2,1-2H3,(H,20,21,22). The van der Waals surface area contributed by atoms with Crippen molar-refractivity contribution in [2.24, 2.45) is 0 Å². The van der Waals surface area contributed by atoms with Gasteiger partial charge in [-0.15, -0.1) is 0 Å². The van der Waals surface area contributed by atoms with Crippen LogP contribution in [-0.2, 0) is 4.79 Å². The minimum absolute atomic E-state index is 0.129. The number of carbonyl (C=O) groups excluding carboxylic acids is 1. The van der Waals surface area contributed by atoms with Crippen LogP contribution in [0.15, 0.2) is 36.5 Å². The van der Waals surface area contributed by atoms with Gasteiger partial charge in [0.25, 0.3) is 0 Å². The summed E-state index contributed by atoms with van der Waals surface area (Å²) >= 11 is 0. The van der Waals surface area contributed by atoms with Crippen LogP contribution in [0, 0.1) is 5.82 Å². The first-order chi connectivity index (χ1) is 11.6. The van der Waals surface area contributed by atoms with Crippen LogP contribution in [0.4, 0.5) is 15.9 Å². The molecule has 0 radical (unpaired) electrons. The molecule has 0 saturated carbocycles. The molecule has 6 heteroatoms. The summed E-state index contributed by atoms with van der Waals surface area (Å²) in [6.07, 6.45) is 3.19. The van der Waals surface area contributed by atoms with E-state index in [0.29, 0.717) is 24.5 Å². The smallest absolute Gasteiger partial charge is 0.249 e. The molecule has 2 heterocycles. The van der Waals surface area contributed by atoms with E-state index in [9.17, 15) is 9.18 Å². The Balaban J connectivity index is 1.78. The van der Waals surface area contributed by atoms with E-state index < -0.39 is 6.04 Å². The minimum Gasteiger partial charge on any atom is -0.358 e. The van der Waals surface area contributed by atoms with Crippen LogP contribution in [0.5, 0.6) is 0 Å². The van der Waals surface area contributed by atoms with E-state index in [1.54, 1.807) is 30.5 Å². The molecule has 0 bridgehead atoms. The zero-order valence-corrected chi connectivity index (χ0v) is 13.9. The van der Waals surface area contributed by atoms with E-state index in [0.717, 1.165) is 12.2 Å². The second kappa shape index (κ2) is 6.95. The van der Waals surface area contributed by atoms with Gasteiger partial charge in [0.2, 0.25) is 5.91 Å². The van der Waals surface area contributed by atoms with Crippen molar-refractivity contribution in [1.82, 2.24) is 9.97 Å². The van der Waals surface area contributed by atoms with Crippen molar-refractivity contribution >= 4 is 17.4 Å². The Morgan fingerprint density at radius 1 is 1.29 bits per heavy atom. The second-order valence-corrected chi connectivity index (χ2v) is 6.24. The highest BCUT2D eigenvalue weighted by molar-refractivity contribution is 5.99. The lowest BCUT2D eigenvalue weighted by Crippen LogP contribution is -2.48. The number of nitrogens with one attached hydrogen (secondary N) is 1. The van der Waals surface area contributed by atoms with Crippen LogP contribution >= 0.6 is 0 Å². The van der Waals surface area contributed by atoms with Gasteiger partial charge in [0.05, 0.1) is 5.69 Å². The Morgan fingerprint density at radius 2 is 2.08 bits per heavy atom. The van der Waals surface area contributed by atoms with Gasteiger partial charge in [0.1, 0.15) is 23.5 Å². The molecule has 2 aromatic rings. The maximum atomic E-state index is 14.0.